The van der Waals surface area contributed by atoms with Crippen molar-refractivity contribution in [1.82, 2.24) is 0 Å². The summed E-state index contributed by atoms with van der Waals surface area (Å²) in [4.78, 5) is 85.3. The number of rotatable bonds is 18. The van der Waals surface area contributed by atoms with Crippen molar-refractivity contribution in [1.29, 1.82) is 0 Å². The molecule has 7 aromatic carbocycles. The Morgan fingerprint density at radius 2 is 0.636 bits per heavy atom. The Hall–Kier alpha value is -8.45. The van der Waals surface area contributed by atoms with E-state index in [9.17, 15) is 33.9 Å². The number of hydrogen-bond donors (Lipinski definition) is 1. The maximum absolute atomic E-state index is 14.3. The molecule has 16 nitrogen and oxygen atoms in total. The van der Waals surface area contributed by atoms with Crippen molar-refractivity contribution in [3.05, 3.63) is 246 Å². The van der Waals surface area contributed by atoms with Crippen molar-refractivity contribution in [2.24, 2.45) is 0 Å². The van der Waals surface area contributed by atoms with Crippen LogP contribution in [0, 0.1) is 0 Å². The van der Waals surface area contributed by atoms with Crippen LogP contribution in [0.25, 0.3) is 0 Å². The van der Waals surface area contributed by atoms with E-state index in [1.165, 1.54) is 72.4 Å². The van der Waals surface area contributed by atoms with Crippen molar-refractivity contribution in [3.8, 4) is 0 Å². The van der Waals surface area contributed by atoms with E-state index < -0.39 is 104 Å². The van der Waals surface area contributed by atoms with Crippen molar-refractivity contribution < 1.29 is 76.5 Å². The van der Waals surface area contributed by atoms with Crippen molar-refractivity contribution in [2.75, 3.05) is 12.4 Å². The molecule has 0 amide bonds. The van der Waals surface area contributed by atoms with Gasteiger partial charge in [-0.25, -0.2) is 28.8 Å². The predicted octanol–water partition coefficient (Wildman–Crippen LogP) is 8.59. The molecule has 392 valence electrons. The van der Waals surface area contributed by atoms with Gasteiger partial charge in [0.15, 0.2) is 49.2 Å². The molecule has 2 heterocycles. The first-order chi connectivity index (χ1) is 37.6. The summed E-state index contributed by atoms with van der Waals surface area (Å²) in [5.74, 6) is -5.35. The molecule has 10 atom stereocenters. The first-order valence-corrected chi connectivity index (χ1v) is 25.4. The minimum absolute atomic E-state index is 0.0390. The summed E-state index contributed by atoms with van der Waals surface area (Å²) in [5.41, 5.74) is 0.580. The third-order valence-electron chi connectivity index (χ3n) is 12.3. The summed E-state index contributed by atoms with van der Waals surface area (Å²) in [6, 6.07) is 56.8. The minimum Gasteiger partial charge on any atom is -0.452 e. The maximum atomic E-state index is 14.3. The van der Waals surface area contributed by atoms with Crippen LogP contribution >= 0.6 is 11.8 Å². The van der Waals surface area contributed by atoms with Gasteiger partial charge in [-0.2, -0.15) is 0 Å². The monoisotopic (exact) mass is 1060 g/mol. The van der Waals surface area contributed by atoms with E-state index in [0.717, 1.165) is 4.90 Å². The summed E-state index contributed by atoms with van der Waals surface area (Å²) in [6.45, 7) is -0.709. The largest absolute Gasteiger partial charge is 0.452 e. The lowest BCUT2D eigenvalue weighted by Gasteiger charge is -2.46. The second kappa shape index (κ2) is 25.9. The van der Waals surface area contributed by atoms with E-state index in [4.69, 9.17) is 42.6 Å². The van der Waals surface area contributed by atoms with Crippen molar-refractivity contribution in [2.45, 2.75) is 66.3 Å². The van der Waals surface area contributed by atoms with Crippen LogP contribution in [0.2, 0.25) is 0 Å². The quantitative estimate of drug-likeness (QED) is 0.0485. The van der Waals surface area contributed by atoms with E-state index in [-0.39, 0.29) is 39.1 Å². The second-order valence-corrected chi connectivity index (χ2v) is 18.6. The van der Waals surface area contributed by atoms with E-state index in [2.05, 4.69) is 0 Å². The highest BCUT2D eigenvalue weighted by molar-refractivity contribution is 7.99. The topological polar surface area (TPSA) is 206 Å². The molecule has 0 bridgehead atoms. The Balaban J connectivity index is 1.11. The zero-order valence-corrected chi connectivity index (χ0v) is 41.7. The Morgan fingerprint density at radius 3 is 1.00 bits per heavy atom. The number of aliphatic hydroxyl groups excluding tert-OH is 1. The highest BCUT2D eigenvalue weighted by Gasteiger charge is 2.56. The highest BCUT2D eigenvalue weighted by atomic mass is 32.2. The van der Waals surface area contributed by atoms with Gasteiger partial charge in [-0.3, -0.25) is 0 Å². The molecule has 77 heavy (non-hydrogen) atoms. The van der Waals surface area contributed by atoms with Crippen LogP contribution in [0.15, 0.2) is 217 Å². The van der Waals surface area contributed by atoms with Gasteiger partial charge in [-0.1, -0.05) is 127 Å². The zero-order chi connectivity index (χ0) is 53.5. The summed E-state index contributed by atoms with van der Waals surface area (Å²) >= 11 is 1.32. The number of carbonyl (C=O) groups is 6. The molecule has 0 aliphatic carbocycles. The van der Waals surface area contributed by atoms with Gasteiger partial charge in [0.05, 0.1) is 40.0 Å². The van der Waals surface area contributed by atoms with E-state index in [1.54, 1.807) is 121 Å². The molecular weight excluding hydrogens is 1010 g/mol. The molecule has 0 unspecified atom stereocenters. The average Bonchev–Trinajstić information content (AvgIpc) is 3.49. The van der Waals surface area contributed by atoms with Gasteiger partial charge in [0.2, 0.25) is 0 Å². The van der Waals surface area contributed by atoms with Crippen LogP contribution in [0.5, 0.6) is 0 Å². The lowest BCUT2D eigenvalue weighted by Crippen LogP contribution is -2.64. The fraction of sp³-hybridized carbons (Fsp3) is 0.200. The van der Waals surface area contributed by atoms with Crippen molar-refractivity contribution >= 4 is 47.6 Å². The summed E-state index contributed by atoms with van der Waals surface area (Å²) in [6.07, 6.45) is -16.8. The highest BCUT2D eigenvalue weighted by Crippen LogP contribution is 2.36. The van der Waals surface area contributed by atoms with Crippen LogP contribution in [-0.4, -0.2) is 115 Å². The van der Waals surface area contributed by atoms with Gasteiger partial charge < -0.3 is 47.7 Å². The number of thioether (sulfide) groups is 1. The molecule has 0 aromatic heterocycles. The number of aliphatic hydroxyl groups is 1. The number of ether oxygens (including phenoxy) is 9. The molecule has 2 aliphatic rings. The maximum Gasteiger partial charge on any atom is 0.338 e. The van der Waals surface area contributed by atoms with Gasteiger partial charge >= 0.3 is 35.8 Å². The molecule has 9 rings (SSSR count). The van der Waals surface area contributed by atoms with Gasteiger partial charge in [-0.15, -0.1) is 11.8 Å². The normalized spacial score (nSPS) is 22.8. The van der Waals surface area contributed by atoms with Crippen molar-refractivity contribution in [3.63, 3.8) is 0 Å². The van der Waals surface area contributed by atoms with Crippen LogP contribution in [0.3, 0.4) is 0 Å². The number of hydrogen-bond acceptors (Lipinski definition) is 17. The Labute approximate surface area is 446 Å². The second-order valence-electron chi connectivity index (χ2n) is 17.5. The summed E-state index contributed by atoms with van der Waals surface area (Å²) in [5, 5.41) is 11.9. The summed E-state index contributed by atoms with van der Waals surface area (Å²) < 4.78 is 56.3. The molecule has 0 spiro atoms. The molecule has 2 saturated heterocycles. The van der Waals surface area contributed by atoms with Crippen LogP contribution in [0.4, 0.5) is 0 Å². The molecule has 2 fully saturated rings. The lowest BCUT2D eigenvalue weighted by atomic mass is 9.97. The molecule has 0 saturated carbocycles. The standard InChI is InChI=1S/C60H50O16S/c61-53(38-22-8-1-9-23-38)71-47-45(69-59(67)51(75-57(65)42-30-16-5-17-31-42)49(47)73-55(63)40-26-12-3-13-27-40)36-68-60-52(76-58(66)43-32-18-6-19-33-43)50(74-56(64)41-28-14-4-15-29-41)48(72-54(62)39-24-10-2-11-25-39)46(70-60)37-77-44-34-20-7-21-35-44/h1-35,45-52,59-60,67H,36-37H2/t45-,46-,47-,48-,49+,50+,51-,52-,59+,60-/m1/s1. The Morgan fingerprint density at radius 1 is 0.351 bits per heavy atom. The average molecular weight is 1060 g/mol. The van der Waals surface area contributed by atoms with E-state index in [0.29, 0.717) is 0 Å². The van der Waals surface area contributed by atoms with Crippen LogP contribution in [0.1, 0.15) is 62.1 Å². The smallest absolute Gasteiger partial charge is 0.338 e. The van der Waals surface area contributed by atoms with Crippen LogP contribution in [-0.2, 0) is 42.6 Å². The van der Waals surface area contributed by atoms with Crippen LogP contribution < -0.4 is 0 Å². The minimum atomic E-state index is -2.06. The van der Waals surface area contributed by atoms with Gasteiger partial charge in [0.25, 0.3) is 0 Å². The fourth-order valence-electron chi connectivity index (χ4n) is 8.46. The van der Waals surface area contributed by atoms with Gasteiger partial charge in [0, 0.05) is 10.6 Å². The SMILES string of the molecule is O=C(O[C@@H]1[C@@H](OC(=O)c2ccccc2)[C@@H](O)O[C@H](CO[C@@H]2O[C@H](CSc3ccccc3)[C@@H](OC(=O)c3ccccc3)[C@H](OC(=O)c3ccccc3)[C@H]2OC(=O)c2ccccc2)[C@H]1OC(=O)c1ccccc1)c1ccccc1. The molecular formula is C60H50O16S. The van der Waals surface area contributed by atoms with E-state index in [1.807, 2.05) is 30.3 Å². The van der Waals surface area contributed by atoms with Gasteiger partial charge in [0.1, 0.15) is 12.2 Å². The number of carbonyl (C=O) groups excluding carboxylic acids is 6. The van der Waals surface area contributed by atoms with E-state index >= 15 is 0 Å². The predicted molar refractivity (Wildman–Crippen MR) is 277 cm³/mol. The van der Waals surface area contributed by atoms with Gasteiger partial charge in [-0.05, 0) is 84.9 Å². The molecule has 0 radical (unpaired) electrons. The Kier molecular flexibility index (Phi) is 17.9. The lowest BCUT2D eigenvalue weighted by molar-refractivity contribution is -0.318. The number of benzene rings is 7. The molecule has 2 aliphatic heterocycles. The first kappa shape index (κ1) is 53.4. The first-order valence-electron chi connectivity index (χ1n) is 24.4. The molecule has 1 N–H and O–H groups in total. The molecule has 7 aromatic rings. The summed E-state index contributed by atoms with van der Waals surface area (Å²) in [7, 11) is 0. The fourth-order valence-corrected chi connectivity index (χ4v) is 9.43. The third-order valence-corrected chi connectivity index (χ3v) is 13.4. The molecule has 17 heteroatoms. The zero-order valence-electron chi connectivity index (χ0n) is 40.9. The third kappa shape index (κ3) is 13.7. The number of esters is 6. The Bertz CT molecular complexity index is 3070.